The van der Waals surface area contributed by atoms with Gasteiger partial charge in [-0.25, -0.2) is 4.39 Å². The van der Waals surface area contributed by atoms with Crippen molar-refractivity contribution in [3.63, 3.8) is 0 Å². The van der Waals surface area contributed by atoms with Crippen LogP contribution in [0.1, 0.15) is 36.6 Å². The molecule has 2 aromatic rings. The van der Waals surface area contributed by atoms with Crippen LogP contribution in [-0.4, -0.2) is 37.5 Å². The average Bonchev–Trinajstić information content (AvgIpc) is 2.76. The maximum Gasteiger partial charge on any atom is 0.258 e. The quantitative estimate of drug-likeness (QED) is 0.285. The number of nitrogen functional groups attached to an aromatic ring is 1. The highest BCUT2D eigenvalue weighted by atomic mass is 35.5. The molecule has 1 unspecified atom stereocenters. The predicted molar refractivity (Wildman–Crippen MR) is 123 cm³/mol. The van der Waals surface area contributed by atoms with E-state index in [0.29, 0.717) is 16.9 Å². The number of benzene rings is 2. The Balaban J connectivity index is 0.00000544. The second-order valence-corrected chi connectivity index (χ2v) is 6.84. The number of carbonyl (C=O) groups is 2. The van der Waals surface area contributed by atoms with Gasteiger partial charge in [0, 0.05) is 35.9 Å². The van der Waals surface area contributed by atoms with Crippen molar-refractivity contribution in [2.75, 3.05) is 13.7 Å². The van der Waals surface area contributed by atoms with Crippen LogP contribution in [0.25, 0.3) is 0 Å². The molecule has 0 saturated heterocycles. The molecule has 2 rings (SSSR count). The predicted octanol–water partition coefficient (Wildman–Crippen LogP) is 2.19. The molecule has 2 amide bonds. The van der Waals surface area contributed by atoms with Crippen LogP contribution in [0.5, 0.6) is 11.5 Å². The SMILES string of the molecule is CCO[C@@H](C(=O)NCc1ccc(C(=N)N)cc1OC(C)C(N)=O)c1ccc(OC)cc1F.Cl. The van der Waals surface area contributed by atoms with Crippen LogP contribution in [0, 0.1) is 11.2 Å². The summed E-state index contributed by atoms with van der Waals surface area (Å²) >= 11 is 0. The molecule has 0 radical (unpaired) electrons. The standard InChI is InChI=1S/C22H27FN4O5.ClH/c1-4-31-19(16-8-7-15(30-3)10-17(16)23)22(29)27-11-14-6-5-13(20(24)25)9-18(14)32-12(2)21(26)28;/h5-10,12,19H,4,11H2,1-3H3,(H3,24,25)(H2,26,28)(H,27,29);1H/t12?,19-;/m1./s1. The summed E-state index contributed by atoms with van der Waals surface area (Å²) in [6.45, 7) is 3.34. The number of primary amides is 1. The molecular weight excluding hydrogens is 455 g/mol. The van der Waals surface area contributed by atoms with Crippen LogP contribution in [0.3, 0.4) is 0 Å². The first-order valence-electron chi connectivity index (χ1n) is 9.83. The molecule has 0 aliphatic carbocycles. The summed E-state index contributed by atoms with van der Waals surface area (Å²) in [5, 5.41) is 10.3. The van der Waals surface area contributed by atoms with Gasteiger partial charge in [-0.2, -0.15) is 0 Å². The van der Waals surface area contributed by atoms with Gasteiger partial charge in [-0.3, -0.25) is 15.0 Å². The van der Waals surface area contributed by atoms with Crippen LogP contribution in [0.4, 0.5) is 4.39 Å². The molecule has 0 fully saturated rings. The second-order valence-electron chi connectivity index (χ2n) is 6.84. The van der Waals surface area contributed by atoms with E-state index in [-0.39, 0.29) is 42.7 Å². The van der Waals surface area contributed by atoms with Crippen molar-refractivity contribution >= 4 is 30.1 Å². The van der Waals surface area contributed by atoms with E-state index in [9.17, 15) is 14.0 Å². The number of hydrogen-bond donors (Lipinski definition) is 4. The Morgan fingerprint density at radius 2 is 1.88 bits per heavy atom. The van der Waals surface area contributed by atoms with Gasteiger partial charge in [0.1, 0.15) is 23.2 Å². The van der Waals surface area contributed by atoms with Crippen molar-refractivity contribution in [2.45, 2.75) is 32.6 Å². The number of ether oxygens (including phenoxy) is 3. The van der Waals surface area contributed by atoms with Crippen molar-refractivity contribution < 1.29 is 28.2 Å². The molecule has 0 aliphatic heterocycles. The topological polar surface area (TPSA) is 150 Å². The van der Waals surface area contributed by atoms with Crippen molar-refractivity contribution in [2.24, 2.45) is 11.5 Å². The fourth-order valence-electron chi connectivity index (χ4n) is 2.82. The van der Waals surface area contributed by atoms with Gasteiger partial charge in [0.25, 0.3) is 11.8 Å². The maximum atomic E-state index is 14.5. The van der Waals surface area contributed by atoms with E-state index in [1.165, 1.54) is 38.3 Å². The van der Waals surface area contributed by atoms with Gasteiger partial charge in [-0.1, -0.05) is 12.1 Å². The van der Waals surface area contributed by atoms with Crippen molar-refractivity contribution in [1.29, 1.82) is 5.41 Å². The molecule has 6 N–H and O–H groups in total. The summed E-state index contributed by atoms with van der Waals surface area (Å²) in [6, 6.07) is 8.80. The lowest BCUT2D eigenvalue weighted by Crippen LogP contribution is -2.33. The zero-order chi connectivity index (χ0) is 23.8. The monoisotopic (exact) mass is 482 g/mol. The van der Waals surface area contributed by atoms with Gasteiger partial charge in [0.15, 0.2) is 12.2 Å². The first kappa shape index (κ1) is 27.7. The van der Waals surface area contributed by atoms with Gasteiger partial charge in [0.2, 0.25) is 0 Å². The number of nitrogens with one attached hydrogen (secondary N) is 2. The van der Waals surface area contributed by atoms with Gasteiger partial charge in [-0.05, 0) is 32.0 Å². The third-order valence-electron chi connectivity index (χ3n) is 4.60. The van der Waals surface area contributed by atoms with Crippen LogP contribution in [0.15, 0.2) is 36.4 Å². The fraction of sp³-hybridized carbons (Fsp3) is 0.318. The molecule has 2 aromatic carbocycles. The Hall–Kier alpha value is -3.37. The highest BCUT2D eigenvalue weighted by Crippen LogP contribution is 2.26. The van der Waals surface area contributed by atoms with Gasteiger partial charge in [-0.15, -0.1) is 12.4 Å². The number of hydrogen-bond acceptors (Lipinski definition) is 6. The molecule has 0 aliphatic rings. The van der Waals surface area contributed by atoms with E-state index >= 15 is 0 Å². The van der Waals surface area contributed by atoms with Gasteiger partial charge >= 0.3 is 0 Å². The number of rotatable bonds is 11. The van der Waals surface area contributed by atoms with Gasteiger partial charge < -0.3 is 31.0 Å². The second kappa shape index (κ2) is 12.6. The van der Waals surface area contributed by atoms with E-state index in [0.717, 1.165) is 0 Å². The molecule has 2 atom stereocenters. The Bertz CT molecular complexity index is 1000. The van der Waals surface area contributed by atoms with Crippen molar-refractivity contribution in [3.05, 3.63) is 58.9 Å². The van der Waals surface area contributed by atoms with E-state index in [1.54, 1.807) is 19.1 Å². The third-order valence-corrected chi connectivity index (χ3v) is 4.60. The summed E-state index contributed by atoms with van der Waals surface area (Å²) in [5.74, 6) is -1.53. The lowest BCUT2D eigenvalue weighted by atomic mass is 10.1. The van der Waals surface area contributed by atoms with Crippen LogP contribution >= 0.6 is 12.4 Å². The Morgan fingerprint density at radius 3 is 2.42 bits per heavy atom. The zero-order valence-corrected chi connectivity index (χ0v) is 19.3. The smallest absolute Gasteiger partial charge is 0.258 e. The van der Waals surface area contributed by atoms with Crippen LogP contribution in [0.2, 0.25) is 0 Å². The molecule has 0 saturated carbocycles. The molecule has 0 heterocycles. The highest BCUT2D eigenvalue weighted by molar-refractivity contribution is 5.95. The molecule has 0 spiro atoms. The molecule has 0 aromatic heterocycles. The summed E-state index contributed by atoms with van der Waals surface area (Å²) < 4.78 is 30.6. The molecule has 0 bridgehead atoms. The zero-order valence-electron chi connectivity index (χ0n) is 18.5. The van der Waals surface area contributed by atoms with Crippen molar-refractivity contribution in [3.8, 4) is 11.5 Å². The average molecular weight is 483 g/mol. The van der Waals surface area contributed by atoms with E-state index in [1.807, 2.05) is 0 Å². The van der Waals surface area contributed by atoms with Crippen LogP contribution in [-0.2, 0) is 20.9 Å². The number of nitrogens with two attached hydrogens (primary N) is 2. The summed E-state index contributed by atoms with van der Waals surface area (Å²) in [5.41, 5.74) is 11.7. The summed E-state index contributed by atoms with van der Waals surface area (Å²) in [6.07, 6.45) is -2.13. The number of methoxy groups -OCH3 is 1. The number of halogens is 2. The Kier molecular flexibility index (Phi) is 10.6. The first-order chi connectivity index (χ1) is 15.2. The number of amides is 2. The Labute approximate surface area is 197 Å². The minimum atomic E-state index is -1.18. The summed E-state index contributed by atoms with van der Waals surface area (Å²) in [7, 11) is 1.41. The summed E-state index contributed by atoms with van der Waals surface area (Å²) in [4.78, 5) is 24.2. The first-order valence-corrected chi connectivity index (χ1v) is 9.83. The lowest BCUT2D eigenvalue weighted by Gasteiger charge is -2.20. The highest BCUT2D eigenvalue weighted by Gasteiger charge is 2.25. The Morgan fingerprint density at radius 1 is 1.18 bits per heavy atom. The maximum absolute atomic E-state index is 14.5. The molecule has 180 valence electrons. The lowest BCUT2D eigenvalue weighted by molar-refractivity contribution is -0.133. The molecule has 11 heteroatoms. The largest absolute Gasteiger partial charge is 0.497 e. The van der Waals surface area contributed by atoms with E-state index in [2.05, 4.69) is 5.32 Å². The number of carbonyl (C=O) groups excluding carboxylic acids is 2. The third kappa shape index (κ3) is 7.33. The number of amidine groups is 1. The molecule has 33 heavy (non-hydrogen) atoms. The minimum absolute atomic E-state index is 0. The van der Waals surface area contributed by atoms with Gasteiger partial charge in [0.05, 0.1) is 7.11 Å². The minimum Gasteiger partial charge on any atom is -0.497 e. The molecular formula is C22H28ClFN4O5. The normalized spacial score (nSPS) is 12.1. The van der Waals surface area contributed by atoms with Crippen LogP contribution < -0.4 is 26.3 Å². The molecule has 9 nitrogen and oxygen atoms in total. The van der Waals surface area contributed by atoms with Crippen molar-refractivity contribution in [1.82, 2.24) is 5.32 Å². The van der Waals surface area contributed by atoms with E-state index in [4.69, 9.17) is 31.1 Å². The fourth-order valence-corrected chi connectivity index (χ4v) is 2.82. The van der Waals surface area contributed by atoms with E-state index < -0.39 is 29.8 Å².